The summed E-state index contributed by atoms with van der Waals surface area (Å²) in [6.07, 6.45) is 0. The Morgan fingerprint density at radius 2 is 1.52 bits per heavy atom. The molecule has 3 rings (SSSR count). The molecule has 5 nitrogen and oxygen atoms in total. The molecule has 5 heteroatoms. The van der Waals surface area contributed by atoms with Crippen LogP contribution in [-0.2, 0) is 9.59 Å². The lowest BCUT2D eigenvalue weighted by molar-refractivity contribution is -0.862. The molecule has 0 saturated heterocycles. The maximum atomic E-state index is 12.6. The minimum atomic E-state index is -0.113. The predicted octanol–water partition coefficient (Wildman–Crippen LogP) is 3.10. The summed E-state index contributed by atoms with van der Waals surface area (Å²) >= 11 is 0. The molecule has 0 aromatic heterocycles. The van der Waals surface area contributed by atoms with Crippen LogP contribution in [0, 0.1) is 20.8 Å². The molecule has 0 saturated carbocycles. The third-order valence-corrected chi connectivity index (χ3v) is 5.53. The van der Waals surface area contributed by atoms with Crippen molar-refractivity contribution in [1.82, 2.24) is 5.32 Å². The first-order valence-electron chi connectivity index (χ1n) is 10.7. The number of nitrogens with one attached hydrogen (secondary N) is 3. The number of carbonyl (C=O) groups is 2. The molecule has 0 radical (unpaired) electrons. The monoisotopic (exact) mass is 418 g/mol. The molecule has 2 amide bonds. The van der Waals surface area contributed by atoms with Crippen molar-refractivity contribution in [3.05, 3.63) is 76.9 Å². The zero-order valence-electron chi connectivity index (χ0n) is 19.0. The van der Waals surface area contributed by atoms with Gasteiger partial charge in [-0.2, -0.15) is 0 Å². The number of anilines is 1. The molecule has 0 aliphatic heterocycles. The first-order chi connectivity index (χ1) is 14.7. The fraction of sp³-hybridized carbons (Fsp3) is 0.308. The lowest BCUT2D eigenvalue weighted by Gasteiger charge is -2.19. The first-order valence-corrected chi connectivity index (χ1v) is 10.7. The van der Waals surface area contributed by atoms with Crippen LogP contribution in [0.1, 0.15) is 35.2 Å². The minimum Gasteiger partial charge on any atom is -0.345 e. The summed E-state index contributed by atoms with van der Waals surface area (Å²) in [5.41, 5.74) is 5.22. The molecule has 3 aromatic carbocycles. The van der Waals surface area contributed by atoms with Crippen LogP contribution in [0.2, 0.25) is 0 Å². The second-order valence-electron chi connectivity index (χ2n) is 8.49. The molecule has 0 aliphatic carbocycles. The van der Waals surface area contributed by atoms with Crippen LogP contribution in [0.15, 0.2) is 54.6 Å². The van der Waals surface area contributed by atoms with Gasteiger partial charge in [-0.05, 0) is 55.2 Å². The van der Waals surface area contributed by atoms with Gasteiger partial charge >= 0.3 is 0 Å². The maximum absolute atomic E-state index is 12.6. The van der Waals surface area contributed by atoms with Crippen LogP contribution >= 0.6 is 0 Å². The number of rotatable bonds is 7. The molecule has 0 bridgehead atoms. The van der Waals surface area contributed by atoms with E-state index in [-0.39, 0.29) is 30.9 Å². The summed E-state index contributed by atoms with van der Waals surface area (Å²) in [5.74, 6) is -0.170. The van der Waals surface area contributed by atoms with Crippen molar-refractivity contribution in [2.75, 3.05) is 25.5 Å². The Kier molecular flexibility index (Phi) is 7.08. The van der Waals surface area contributed by atoms with E-state index in [2.05, 4.69) is 41.0 Å². The molecule has 0 fully saturated rings. The van der Waals surface area contributed by atoms with Crippen LogP contribution in [0.3, 0.4) is 0 Å². The Balaban J connectivity index is 1.56. The van der Waals surface area contributed by atoms with Crippen molar-refractivity contribution < 1.29 is 14.5 Å². The number of fused-ring (bicyclic) bond motifs is 1. The zero-order valence-corrected chi connectivity index (χ0v) is 19.0. The number of amides is 2. The summed E-state index contributed by atoms with van der Waals surface area (Å²) in [6.45, 7) is 8.48. The highest BCUT2D eigenvalue weighted by molar-refractivity contribution is 5.93. The number of quaternary nitrogens is 1. The minimum absolute atomic E-state index is 0.0755. The Bertz CT molecular complexity index is 1080. The summed E-state index contributed by atoms with van der Waals surface area (Å²) in [6, 6.07) is 18.3. The molecule has 3 aromatic rings. The normalized spacial score (nSPS) is 12.9. The predicted molar refractivity (Wildman–Crippen MR) is 126 cm³/mol. The zero-order chi connectivity index (χ0) is 22.5. The van der Waals surface area contributed by atoms with Crippen LogP contribution in [0.4, 0.5) is 5.69 Å². The standard InChI is InChI=1S/C26H31N3O2/c1-17-13-18(2)26(19(3)14-17)28-25(31)16-29(5)15-24(30)27-20(4)22-12-8-10-21-9-6-7-11-23(21)22/h6-14,20H,15-16H2,1-5H3,(H,27,30)(H,28,31)/p+1/t20-/m1/s1. The fourth-order valence-corrected chi connectivity index (χ4v) is 4.17. The summed E-state index contributed by atoms with van der Waals surface area (Å²) in [5, 5.41) is 8.38. The van der Waals surface area contributed by atoms with E-state index in [4.69, 9.17) is 0 Å². The maximum Gasteiger partial charge on any atom is 0.279 e. The molecule has 1 unspecified atom stereocenters. The third kappa shape index (κ3) is 5.70. The van der Waals surface area contributed by atoms with Crippen molar-refractivity contribution in [2.45, 2.75) is 33.7 Å². The van der Waals surface area contributed by atoms with Gasteiger partial charge in [-0.1, -0.05) is 60.2 Å². The summed E-state index contributed by atoms with van der Waals surface area (Å²) in [7, 11) is 1.86. The number of likely N-dealkylation sites (N-methyl/N-ethyl adjacent to an activating group) is 1. The SMILES string of the molecule is Cc1cc(C)c(NC(=O)C[NH+](C)CC(=O)N[C@H](C)c2cccc3ccccc23)c(C)c1. The lowest BCUT2D eigenvalue weighted by Crippen LogP contribution is -3.11. The second-order valence-corrected chi connectivity index (χ2v) is 8.49. The van der Waals surface area contributed by atoms with Gasteiger partial charge in [-0.15, -0.1) is 0 Å². The fourth-order valence-electron chi connectivity index (χ4n) is 4.17. The van der Waals surface area contributed by atoms with E-state index < -0.39 is 0 Å². The van der Waals surface area contributed by atoms with E-state index in [0.717, 1.165) is 38.1 Å². The first kappa shape index (κ1) is 22.5. The van der Waals surface area contributed by atoms with E-state index in [1.165, 1.54) is 5.56 Å². The Morgan fingerprint density at radius 1 is 0.903 bits per heavy atom. The van der Waals surface area contributed by atoms with Gasteiger partial charge in [0.15, 0.2) is 13.1 Å². The molecule has 162 valence electrons. The average Bonchev–Trinajstić information content (AvgIpc) is 2.69. The van der Waals surface area contributed by atoms with E-state index in [9.17, 15) is 9.59 Å². The van der Waals surface area contributed by atoms with Crippen molar-refractivity contribution in [2.24, 2.45) is 0 Å². The smallest absolute Gasteiger partial charge is 0.279 e. The van der Waals surface area contributed by atoms with Crippen molar-refractivity contribution in [3.8, 4) is 0 Å². The number of benzene rings is 3. The highest BCUT2D eigenvalue weighted by Gasteiger charge is 2.18. The third-order valence-electron chi connectivity index (χ3n) is 5.53. The summed E-state index contributed by atoms with van der Waals surface area (Å²) < 4.78 is 0. The van der Waals surface area contributed by atoms with Gasteiger partial charge in [-0.3, -0.25) is 9.59 Å². The van der Waals surface area contributed by atoms with Crippen LogP contribution in [0.5, 0.6) is 0 Å². The van der Waals surface area contributed by atoms with Gasteiger partial charge in [-0.25, -0.2) is 0 Å². The van der Waals surface area contributed by atoms with Crippen LogP contribution in [-0.4, -0.2) is 32.0 Å². The van der Waals surface area contributed by atoms with Gasteiger partial charge < -0.3 is 15.5 Å². The summed E-state index contributed by atoms with van der Waals surface area (Å²) in [4.78, 5) is 26.0. The molecule has 2 atom stereocenters. The molecule has 3 N–H and O–H groups in total. The quantitative estimate of drug-likeness (QED) is 0.552. The molecule has 0 spiro atoms. The van der Waals surface area contributed by atoms with Crippen LogP contribution < -0.4 is 15.5 Å². The van der Waals surface area contributed by atoms with Gasteiger partial charge in [0.1, 0.15) is 0 Å². The van der Waals surface area contributed by atoms with E-state index in [1.807, 2.05) is 59.0 Å². The highest BCUT2D eigenvalue weighted by atomic mass is 16.2. The van der Waals surface area contributed by atoms with E-state index >= 15 is 0 Å². The molecule has 0 heterocycles. The van der Waals surface area contributed by atoms with Gasteiger partial charge in [0.25, 0.3) is 11.8 Å². The number of carbonyl (C=O) groups excluding carboxylic acids is 2. The number of hydrogen-bond acceptors (Lipinski definition) is 2. The topological polar surface area (TPSA) is 62.6 Å². The molecule has 0 aliphatic rings. The van der Waals surface area contributed by atoms with E-state index in [0.29, 0.717) is 0 Å². The largest absolute Gasteiger partial charge is 0.345 e. The van der Waals surface area contributed by atoms with Crippen molar-refractivity contribution in [1.29, 1.82) is 0 Å². The van der Waals surface area contributed by atoms with Crippen molar-refractivity contribution in [3.63, 3.8) is 0 Å². The molecular formula is C26H32N3O2+. The van der Waals surface area contributed by atoms with Gasteiger partial charge in [0, 0.05) is 5.69 Å². The lowest BCUT2D eigenvalue weighted by atomic mass is 10.00. The Morgan fingerprint density at radius 3 is 2.23 bits per heavy atom. The van der Waals surface area contributed by atoms with Crippen molar-refractivity contribution >= 4 is 28.3 Å². The van der Waals surface area contributed by atoms with E-state index in [1.54, 1.807) is 0 Å². The van der Waals surface area contributed by atoms with Gasteiger partial charge in [0.2, 0.25) is 0 Å². The Labute approximate surface area is 184 Å². The highest BCUT2D eigenvalue weighted by Crippen LogP contribution is 2.24. The van der Waals surface area contributed by atoms with Gasteiger partial charge in [0.05, 0.1) is 13.1 Å². The number of aryl methyl sites for hydroxylation is 3. The average molecular weight is 419 g/mol. The number of hydrogen-bond donors (Lipinski definition) is 3. The Hall–Kier alpha value is -3.18. The second kappa shape index (κ2) is 9.75. The molecule has 31 heavy (non-hydrogen) atoms. The molecular weight excluding hydrogens is 386 g/mol. The van der Waals surface area contributed by atoms with Crippen LogP contribution in [0.25, 0.3) is 10.8 Å².